The zero-order chi connectivity index (χ0) is 24.9. The van der Waals surface area contributed by atoms with Crippen molar-refractivity contribution in [3.05, 3.63) is 35.9 Å². The molecule has 0 heterocycles. The van der Waals surface area contributed by atoms with Gasteiger partial charge in [-0.05, 0) is 51.0 Å². The molecule has 4 rings (SSSR count). The Morgan fingerprint density at radius 1 is 0.857 bits per heavy atom. The van der Waals surface area contributed by atoms with E-state index in [1.807, 2.05) is 30.3 Å². The van der Waals surface area contributed by atoms with Crippen molar-refractivity contribution in [2.45, 2.75) is 134 Å². The number of carboxylic acids is 1. The molecule has 1 unspecified atom stereocenters. The van der Waals surface area contributed by atoms with Gasteiger partial charge in [0.25, 0.3) is 0 Å². The second kappa shape index (κ2) is 15.1. The summed E-state index contributed by atoms with van der Waals surface area (Å²) in [5, 5.41) is 13.1. The molecule has 1 aromatic carbocycles. The number of aliphatic carboxylic acids is 1. The van der Waals surface area contributed by atoms with Crippen molar-refractivity contribution >= 4 is 12.1 Å². The van der Waals surface area contributed by atoms with Gasteiger partial charge in [0.15, 0.2) is 0 Å². The molecule has 2 N–H and O–H groups in total. The van der Waals surface area contributed by atoms with Gasteiger partial charge in [0.1, 0.15) is 12.6 Å². The summed E-state index contributed by atoms with van der Waals surface area (Å²) >= 11 is 0. The van der Waals surface area contributed by atoms with Crippen molar-refractivity contribution in [1.29, 1.82) is 0 Å². The van der Waals surface area contributed by atoms with Gasteiger partial charge in [-0.2, -0.15) is 0 Å². The fourth-order valence-electron chi connectivity index (χ4n) is 5.77. The third-order valence-corrected chi connectivity index (χ3v) is 7.84. The maximum absolute atomic E-state index is 12.4. The molecule has 0 aromatic heterocycles. The molecule has 1 atom stereocenters. The summed E-state index contributed by atoms with van der Waals surface area (Å²) in [5.74, 6) is -0.998. The van der Waals surface area contributed by atoms with E-state index in [9.17, 15) is 14.7 Å². The molecule has 3 aliphatic rings. The van der Waals surface area contributed by atoms with Crippen LogP contribution in [0.15, 0.2) is 30.3 Å². The molecule has 1 aromatic rings. The van der Waals surface area contributed by atoms with E-state index in [4.69, 9.17) is 4.74 Å². The number of nitrogens with one attached hydrogen (secondary N) is 1. The zero-order valence-electron chi connectivity index (χ0n) is 21.6. The number of benzene rings is 1. The van der Waals surface area contributed by atoms with E-state index in [-0.39, 0.29) is 12.6 Å². The molecular formula is C29H46N2O4. The lowest BCUT2D eigenvalue weighted by Gasteiger charge is -2.36. The molecule has 196 valence electrons. The lowest BCUT2D eigenvalue weighted by atomic mass is 9.91. The SMILES string of the molecule is C1CCC(NC2CCCCC2)CC1.CC(C(=O)O)N(C(=O)OCc1ccccc1)C1CCCCC1. The summed E-state index contributed by atoms with van der Waals surface area (Å²) in [4.78, 5) is 25.1. The maximum atomic E-state index is 12.4. The van der Waals surface area contributed by atoms with Crippen LogP contribution in [0.3, 0.4) is 0 Å². The minimum absolute atomic E-state index is 0.0388. The van der Waals surface area contributed by atoms with Crippen LogP contribution in [-0.2, 0) is 16.1 Å². The summed E-state index contributed by atoms with van der Waals surface area (Å²) in [6, 6.07) is 10.2. The van der Waals surface area contributed by atoms with Crippen LogP contribution in [0.25, 0.3) is 0 Å². The molecule has 3 fully saturated rings. The normalized spacial score (nSPS) is 20.8. The number of carbonyl (C=O) groups is 2. The Labute approximate surface area is 211 Å². The van der Waals surface area contributed by atoms with Gasteiger partial charge in [-0.25, -0.2) is 9.59 Å². The first-order chi connectivity index (χ1) is 17.0. The molecule has 6 heteroatoms. The molecule has 0 bridgehead atoms. The van der Waals surface area contributed by atoms with Crippen LogP contribution in [-0.4, -0.2) is 46.2 Å². The van der Waals surface area contributed by atoms with E-state index in [0.29, 0.717) is 0 Å². The molecule has 0 saturated heterocycles. The van der Waals surface area contributed by atoms with Crippen molar-refractivity contribution in [2.24, 2.45) is 0 Å². The van der Waals surface area contributed by atoms with Gasteiger partial charge < -0.3 is 15.2 Å². The summed E-state index contributed by atoms with van der Waals surface area (Å²) in [6.45, 7) is 1.70. The number of amides is 1. The number of nitrogens with zero attached hydrogens (tertiary/aromatic N) is 1. The quantitative estimate of drug-likeness (QED) is 0.450. The van der Waals surface area contributed by atoms with E-state index in [1.54, 1.807) is 6.92 Å². The molecule has 35 heavy (non-hydrogen) atoms. The van der Waals surface area contributed by atoms with Gasteiger partial charge >= 0.3 is 12.1 Å². The fourth-order valence-corrected chi connectivity index (χ4v) is 5.77. The lowest BCUT2D eigenvalue weighted by Crippen LogP contribution is -2.50. The largest absolute Gasteiger partial charge is 0.480 e. The molecule has 3 saturated carbocycles. The van der Waals surface area contributed by atoms with Crippen molar-refractivity contribution in [3.8, 4) is 0 Å². The first kappa shape index (κ1) is 27.5. The number of hydrogen-bond acceptors (Lipinski definition) is 4. The monoisotopic (exact) mass is 486 g/mol. The van der Waals surface area contributed by atoms with Crippen LogP contribution in [0.4, 0.5) is 4.79 Å². The Hall–Kier alpha value is -2.08. The number of rotatable bonds is 7. The van der Waals surface area contributed by atoms with Gasteiger partial charge in [0.2, 0.25) is 0 Å². The Morgan fingerprint density at radius 3 is 1.83 bits per heavy atom. The minimum atomic E-state index is -0.998. The maximum Gasteiger partial charge on any atom is 0.411 e. The van der Waals surface area contributed by atoms with E-state index in [1.165, 1.54) is 69.1 Å². The first-order valence-electron chi connectivity index (χ1n) is 14.0. The highest BCUT2D eigenvalue weighted by molar-refractivity contribution is 5.79. The minimum Gasteiger partial charge on any atom is -0.480 e. The van der Waals surface area contributed by atoms with Crippen molar-refractivity contribution in [1.82, 2.24) is 10.2 Å². The average molecular weight is 487 g/mol. The van der Waals surface area contributed by atoms with E-state index in [2.05, 4.69) is 5.32 Å². The summed E-state index contributed by atoms with van der Waals surface area (Å²) < 4.78 is 5.34. The number of carboxylic acid groups (broad SMARTS) is 1. The summed E-state index contributed by atoms with van der Waals surface area (Å²) in [6.07, 6.45) is 18.9. The van der Waals surface area contributed by atoms with Crippen LogP contribution in [0.5, 0.6) is 0 Å². The number of carbonyl (C=O) groups excluding carboxylic acids is 1. The van der Waals surface area contributed by atoms with Crippen LogP contribution < -0.4 is 5.32 Å². The van der Waals surface area contributed by atoms with Gasteiger partial charge in [-0.15, -0.1) is 0 Å². The third-order valence-electron chi connectivity index (χ3n) is 7.84. The Morgan fingerprint density at radius 2 is 1.34 bits per heavy atom. The summed E-state index contributed by atoms with van der Waals surface area (Å²) in [7, 11) is 0. The average Bonchev–Trinajstić information content (AvgIpc) is 2.90. The van der Waals surface area contributed by atoms with E-state index < -0.39 is 18.1 Å². The first-order valence-corrected chi connectivity index (χ1v) is 14.0. The fraction of sp³-hybridized carbons (Fsp3) is 0.724. The highest BCUT2D eigenvalue weighted by atomic mass is 16.6. The second-order valence-corrected chi connectivity index (χ2v) is 10.6. The molecule has 0 radical (unpaired) electrons. The third kappa shape index (κ3) is 9.47. The number of hydrogen-bond donors (Lipinski definition) is 2. The molecular weight excluding hydrogens is 440 g/mol. The topological polar surface area (TPSA) is 78.9 Å². The molecule has 0 spiro atoms. The Bertz CT molecular complexity index is 722. The predicted molar refractivity (Wildman–Crippen MR) is 139 cm³/mol. The van der Waals surface area contributed by atoms with Crippen LogP contribution in [0.2, 0.25) is 0 Å². The van der Waals surface area contributed by atoms with Crippen molar-refractivity contribution in [3.63, 3.8) is 0 Å². The van der Waals surface area contributed by atoms with Gasteiger partial charge in [-0.3, -0.25) is 4.90 Å². The molecule has 3 aliphatic carbocycles. The zero-order valence-corrected chi connectivity index (χ0v) is 21.6. The number of ether oxygens (including phenoxy) is 1. The van der Waals surface area contributed by atoms with Crippen LogP contribution in [0, 0.1) is 0 Å². The van der Waals surface area contributed by atoms with Crippen molar-refractivity contribution in [2.75, 3.05) is 0 Å². The van der Waals surface area contributed by atoms with E-state index >= 15 is 0 Å². The van der Waals surface area contributed by atoms with Crippen LogP contribution >= 0.6 is 0 Å². The highest BCUT2D eigenvalue weighted by Crippen LogP contribution is 2.25. The smallest absolute Gasteiger partial charge is 0.411 e. The van der Waals surface area contributed by atoms with Crippen molar-refractivity contribution < 1.29 is 19.4 Å². The van der Waals surface area contributed by atoms with Gasteiger partial charge in [0, 0.05) is 18.1 Å². The van der Waals surface area contributed by atoms with Gasteiger partial charge in [0.05, 0.1) is 0 Å². The van der Waals surface area contributed by atoms with Gasteiger partial charge in [-0.1, -0.05) is 88.1 Å². The standard InChI is InChI=1S/C17H23NO4.C12H23N/c1-13(16(19)20)18(15-10-6-3-7-11-15)17(21)22-12-14-8-4-2-5-9-14;1-3-7-11(8-4-1)13-12-9-5-2-6-10-12/h2,4-5,8-9,13,15H,3,6-7,10-12H2,1H3,(H,19,20);11-13H,1-10H2. The molecule has 1 amide bonds. The molecule has 6 nitrogen and oxygen atoms in total. The second-order valence-electron chi connectivity index (χ2n) is 10.6. The molecule has 0 aliphatic heterocycles. The van der Waals surface area contributed by atoms with E-state index in [0.717, 1.165) is 49.8 Å². The summed E-state index contributed by atoms with van der Waals surface area (Å²) in [5.41, 5.74) is 0.891. The lowest BCUT2D eigenvalue weighted by molar-refractivity contribution is -0.143. The Kier molecular flexibility index (Phi) is 11.9. The highest BCUT2D eigenvalue weighted by Gasteiger charge is 2.34. The Balaban J connectivity index is 0.000000223. The predicted octanol–water partition coefficient (Wildman–Crippen LogP) is 6.67. The van der Waals surface area contributed by atoms with Crippen LogP contribution in [0.1, 0.15) is 109 Å².